The molecule has 0 unspecified atom stereocenters. The summed E-state index contributed by atoms with van der Waals surface area (Å²) in [5.41, 5.74) is 0.682. The van der Waals surface area contributed by atoms with Crippen molar-refractivity contribution >= 4 is 5.91 Å². The Labute approximate surface area is 132 Å². The number of nitrogens with zero attached hydrogens (tertiary/aromatic N) is 1. The Bertz CT molecular complexity index is 520. The topological polar surface area (TPSA) is 60.5 Å². The largest absolute Gasteiger partial charge is 0.468 e. The van der Waals surface area contributed by atoms with E-state index in [1.54, 1.807) is 6.07 Å². The Hall–Kier alpha value is -1.83. The van der Waals surface area contributed by atoms with Crippen LogP contribution in [0.5, 0.6) is 5.88 Å². The fraction of sp³-hybridized carbons (Fsp3) is 0.600. The molecule has 1 fully saturated rings. The number of rotatable bonds is 5. The summed E-state index contributed by atoms with van der Waals surface area (Å²) in [6, 6.07) is 2.92. The normalized spacial score (nSPS) is 21.7. The quantitative estimate of drug-likeness (QED) is 0.900. The van der Waals surface area contributed by atoms with Crippen molar-refractivity contribution in [2.45, 2.75) is 38.6 Å². The van der Waals surface area contributed by atoms with Crippen LogP contribution in [0.15, 0.2) is 18.3 Å². The lowest BCUT2D eigenvalue weighted by Gasteiger charge is -2.28. The second kappa shape index (κ2) is 7.63. The molecule has 1 aliphatic rings. The summed E-state index contributed by atoms with van der Waals surface area (Å²) in [5.74, 6) is -0.368. The lowest BCUT2D eigenvalue weighted by molar-refractivity contribution is -0.154. The monoisotopic (exact) mass is 332 g/mol. The molecule has 0 aromatic carbocycles. The zero-order valence-electron chi connectivity index (χ0n) is 12.7. The van der Waals surface area contributed by atoms with E-state index in [-0.39, 0.29) is 30.4 Å². The predicted octanol–water partition coefficient (Wildman–Crippen LogP) is 2.45. The van der Waals surface area contributed by atoms with Crippen molar-refractivity contribution in [3.63, 3.8) is 0 Å². The van der Waals surface area contributed by atoms with Crippen LogP contribution in [0.25, 0.3) is 0 Å². The second-order valence-corrected chi connectivity index (χ2v) is 5.45. The smallest absolute Gasteiger partial charge is 0.422 e. The van der Waals surface area contributed by atoms with Crippen LogP contribution in [-0.2, 0) is 16.1 Å². The molecule has 0 saturated carbocycles. The third-order valence-electron chi connectivity index (χ3n) is 3.59. The van der Waals surface area contributed by atoms with Gasteiger partial charge in [-0.15, -0.1) is 0 Å². The van der Waals surface area contributed by atoms with Crippen LogP contribution in [0, 0.1) is 5.92 Å². The van der Waals surface area contributed by atoms with Crippen molar-refractivity contribution in [2.24, 2.45) is 5.92 Å². The average molecular weight is 332 g/mol. The van der Waals surface area contributed by atoms with Crippen molar-refractivity contribution in [3.05, 3.63) is 23.9 Å². The van der Waals surface area contributed by atoms with Gasteiger partial charge in [0.15, 0.2) is 6.61 Å². The summed E-state index contributed by atoms with van der Waals surface area (Å²) in [6.45, 7) is 1.43. The highest BCUT2D eigenvalue weighted by atomic mass is 19.4. The van der Waals surface area contributed by atoms with Gasteiger partial charge in [0, 0.05) is 25.4 Å². The van der Waals surface area contributed by atoms with Crippen molar-refractivity contribution in [2.75, 3.05) is 13.2 Å². The van der Waals surface area contributed by atoms with Gasteiger partial charge in [0.1, 0.15) is 0 Å². The highest BCUT2D eigenvalue weighted by Crippen LogP contribution is 2.21. The second-order valence-electron chi connectivity index (χ2n) is 5.45. The number of carbonyl (C=O) groups excluding carboxylic acids is 1. The zero-order valence-corrected chi connectivity index (χ0v) is 12.7. The Kier molecular flexibility index (Phi) is 5.81. The fourth-order valence-electron chi connectivity index (χ4n) is 2.34. The molecule has 1 aromatic heterocycles. The van der Waals surface area contributed by atoms with Crippen LogP contribution >= 0.6 is 0 Å². The molecule has 1 aliphatic heterocycles. The van der Waals surface area contributed by atoms with E-state index in [0.717, 1.165) is 12.8 Å². The van der Waals surface area contributed by atoms with Gasteiger partial charge >= 0.3 is 6.18 Å². The summed E-state index contributed by atoms with van der Waals surface area (Å²) in [4.78, 5) is 15.9. The molecule has 1 saturated heterocycles. The van der Waals surface area contributed by atoms with Gasteiger partial charge in [-0.25, -0.2) is 4.98 Å². The van der Waals surface area contributed by atoms with Crippen LogP contribution < -0.4 is 10.1 Å². The number of carbonyl (C=O) groups is 1. The third-order valence-corrected chi connectivity index (χ3v) is 3.59. The van der Waals surface area contributed by atoms with Crippen molar-refractivity contribution in [1.29, 1.82) is 0 Å². The minimum Gasteiger partial charge on any atom is -0.468 e. The molecule has 2 heterocycles. The molecule has 0 aliphatic carbocycles. The van der Waals surface area contributed by atoms with Crippen LogP contribution in [0.2, 0.25) is 0 Å². The molecule has 1 amide bonds. The minimum atomic E-state index is -4.40. The van der Waals surface area contributed by atoms with E-state index in [2.05, 4.69) is 15.0 Å². The van der Waals surface area contributed by atoms with Gasteiger partial charge < -0.3 is 14.8 Å². The fourth-order valence-corrected chi connectivity index (χ4v) is 2.34. The van der Waals surface area contributed by atoms with E-state index < -0.39 is 12.8 Å². The molecule has 5 nitrogen and oxygen atoms in total. The molecule has 8 heteroatoms. The van der Waals surface area contributed by atoms with E-state index in [9.17, 15) is 18.0 Å². The number of aromatic nitrogens is 1. The van der Waals surface area contributed by atoms with E-state index in [4.69, 9.17) is 4.74 Å². The summed E-state index contributed by atoms with van der Waals surface area (Å²) >= 11 is 0. The SMILES string of the molecule is C[C@H]1OCCC[C@@H]1C(=O)NCc1ccc(OCC(F)(F)F)nc1. The molecule has 0 radical (unpaired) electrons. The first-order valence-corrected chi connectivity index (χ1v) is 7.39. The van der Waals surface area contributed by atoms with Gasteiger partial charge in [0.25, 0.3) is 0 Å². The molecular weight excluding hydrogens is 313 g/mol. The van der Waals surface area contributed by atoms with E-state index in [0.29, 0.717) is 12.2 Å². The maximum atomic E-state index is 12.1. The zero-order chi connectivity index (χ0) is 16.9. The van der Waals surface area contributed by atoms with Crippen LogP contribution in [0.1, 0.15) is 25.3 Å². The Morgan fingerprint density at radius 3 is 2.87 bits per heavy atom. The average Bonchev–Trinajstić information content (AvgIpc) is 2.51. The summed E-state index contributed by atoms with van der Waals surface area (Å²) < 4.78 is 46.1. The number of hydrogen-bond donors (Lipinski definition) is 1. The molecule has 0 bridgehead atoms. The van der Waals surface area contributed by atoms with Gasteiger partial charge in [0.2, 0.25) is 11.8 Å². The van der Waals surface area contributed by atoms with Crippen LogP contribution in [0.4, 0.5) is 13.2 Å². The number of nitrogens with one attached hydrogen (secondary N) is 1. The molecule has 2 atom stereocenters. The third kappa shape index (κ3) is 5.70. The molecular formula is C15H19F3N2O3. The summed E-state index contributed by atoms with van der Waals surface area (Å²) in [6.07, 6.45) is -1.48. The van der Waals surface area contributed by atoms with Crippen molar-refractivity contribution in [3.8, 4) is 5.88 Å². The van der Waals surface area contributed by atoms with E-state index >= 15 is 0 Å². The Morgan fingerprint density at radius 2 is 2.26 bits per heavy atom. The first-order chi connectivity index (χ1) is 10.8. The molecule has 1 N–H and O–H groups in total. The van der Waals surface area contributed by atoms with Crippen LogP contribution in [-0.4, -0.2) is 36.4 Å². The van der Waals surface area contributed by atoms with E-state index in [1.807, 2.05) is 6.92 Å². The van der Waals surface area contributed by atoms with Gasteiger partial charge in [-0.05, 0) is 25.3 Å². The number of pyridine rings is 1. The molecule has 0 spiro atoms. The number of ether oxygens (including phenoxy) is 2. The van der Waals surface area contributed by atoms with Gasteiger partial charge in [0.05, 0.1) is 12.0 Å². The number of alkyl halides is 3. The lowest BCUT2D eigenvalue weighted by atomic mass is 9.94. The molecule has 128 valence electrons. The van der Waals surface area contributed by atoms with Gasteiger partial charge in [-0.1, -0.05) is 6.07 Å². The number of halogens is 3. The number of hydrogen-bond acceptors (Lipinski definition) is 4. The van der Waals surface area contributed by atoms with Gasteiger partial charge in [-0.2, -0.15) is 13.2 Å². The maximum Gasteiger partial charge on any atom is 0.422 e. The predicted molar refractivity (Wildman–Crippen MR) is 75.8 cm³/mol. The molecule has 23 heavy (non-hydrogen) atoms. The Morgan fingerprint density at radius 1 is 1.48 bits per heavy atom. The highest BCUT2D eigenvalue weighted by Gasteiger charge is 2.29. The minimum absolute atomic E-state index is 0.0883. The summed E-state index contributed by atoms with van der Waals surface area (Å²) in [5, 5.41) is 2.80. The first-order valence-electron chi connectivity index (χ1n) is 7.39. The molecule has 2 rings (SSSR count). The van der Waals surface area contributed by atoms with Crippen molar-refractivity contribution < 1.29 is 27.4 Å². The van der Waals surface area contributed by atoms with Crippen molar-refractivity contribution in [1.82, 2.24) is 10.3 Å². The Balaban J connectivity index is 1.80. The van der Waals surface area contributed by atoms with Gasteiger partial charge in [-0.3, -0.25) is 4.79 Å². The maximum absolute atomic E-state index is 12.1. The summed E-state index contributed by atoms with van der Waals surface area (Å²) in [7, 11) is 0. The molecule has 1 aromatic rings. The van der Waals surface area contributed by atoms with Crippen LogP contribution in [0.3, 0.4) is 0 Å². The highest BCUT2D eigenvalue weighted by molar-refractivity contribution is 5.79. The lowest BCUT2D eigenvalue weighted by Crippen LogP contribution is -2.39. The standard InChI is InChI=1S/C15H19F3N2O3/c1-10-12(3-2-6-22-10)14(21)20-8-11-4-5-13(19-7-11)23-9-15(16,17)18/h4-5,7,10,12H,2-3,6,8-9H2,1H3,(H,20,21)/t10-,12+/m1/s1. The van der Waals surface area contributed by atoms with E-state index in [1.165, 1.54) is 12.3 Å². The first kappa shape index (κ1) is 17.5. The number of amides is 1.